The van der Waals surface area contributed by atoms with Gasteiger partial charge in [-0.05, 0) is 43.5 Å². The number of hydrogen-bond acceptors (Lipinski definition) is 3. The molecule has 0 radical (unpaired) electrons. The van der Waals surface area contributed by atoms with Crippen LogP contribution >= 0.6 is 0 Å². The van der Waals surface area contributed by atoms with Crippen molar-refractivity contribution >= 4 is 17.4 Å². The Labute approximate surface area is 190 Å². The fourth-order valence-electron chi connectivity index (χ4n) is 4.24. The van der Waals surface area contributed by atoms with Crippen molar-refractivity contribution in [3.63, 3.8) is 0 Å². The van der Waals surface area contributed by atoms with E-state index in [2.05, 4.69) is 5.32 Å². The van der Waals surface area contributed by atoms with Crippen LogP contribution in [-0.2, 0) is 4.79 Å². The number of anilines is 1. The minimum absolute atomic E-state index is 0.142. The van der Waals surface area contributed by atoms with Gasteiger partial charge in [0, 0.05) is 17.7 Å². The quantitative estimate of drug-likeness (QED) is 0.479. The molecule has 7 heteroatoms. The third-order valence-electron chi connectivity index (χ3n) is 5.95. The van der Waals surface area contributed by atoms with Crippen molar-refractivity contribution in [2.24, 2.45) is 0 Å². The molecular weight excluding hydrogens is 429 g/mol. The average Bonchev–Trinajstić information content (AvgIpc) is 3.29. The number of hydrogen-bond donors (Lipinski definition) is 1. The lowest BCUT2D eigenvalue weighted by molar-refractivity contribution is -0.133. The number of likely N-dealkylation sites (tertiary alicyclic amines) is 1. The summed E-state index contributed by atoms with van der Waals surface area (Å²) in [5.41, 5.74) is 0.874. The van der Waals surface area contributed by atoms with Gasteiger partial charge in [-0.1, -0.05) is 48.5 Å². The van der Waals surface area contributed by atoms with E-state index in [0.717, 1.165) is 12.1 Å². The zero-order valence-corrected chi connectivity index (χ0v) is 18.0. The van der Waals surface area contributed by atoms with Crippen LogP contribution in [0.5, 0.6) is 0 Å². The van der Waals surface area contributed by atoms with Crippen LogP contribution in [0, 0.1) is 17.5 Å². The summed E-state index contributed by atoms with van der Waals surface area (Å²) in [6.07, 6.45) is 1.26. The van der Waals surface area contributed by atoms with Crippen LogP contribution in [0.1, 0.15) is 53.3 Å². The minimum Gasteiger partial charge on any atom is -0.365 e. The molecular formula is C26H23F3N2O2. The number of nitrogens with one attached hydrogen (secondary N) is 1. The zero-order valence-electron chi connectivity index (χ0n) is 18.0. The number of ketones is 1. The van der Waals surface area contributed by atoms with Gasteiger partial charge in [0.05, 0.1) is 6.04 Å². The van der Waals surface area contributed by atoms with Crippen LogP contribution in [0.4, 0.5) is 18.9 Å². The maximum atomic E-state index is 14.5. The standard InChI is InChI=1S/C26H23F3N2O2/c1-16(32)17-11-13-18(14-12-17)24(30-25-21(28)8-4-9-22(25)29)26(33)31-15-5-10-23(31)19-6-2-3-7-20(19)27/h2-4,6-9,11-14,23-24,30H,5,10,15H2,1H3/t23-,24?/m0/s1. The lowest BCUT2D eigenvalue weighted by Crippen LogP contribution is -2.38. The van der Waals surface area contributed by atoms with Crippen molar-refractivity contribution in [3.05, 3.63) is 101 Å². The minimum atomic E-state index is -1.13. The fourth-order valence-corrected chi connectivity index (χ4v) is 4.24. The molecule has 0 aliphatic carbocycles. The van der Waals surface area contributed by atoms with Gasteiger partial charge in [0.2, 0.25) is 5.91 Å². The SMILES string of the molecule is CC(=O)c1ccc(C(Nc2c(F)cccc2F)C(=O)N2CCC[C@H]2c2ccccc2F)cc1. The zero-order chi connectivity index (χ0) is 23.5. The van der Waals surface area contributed by atoms with Gasteiger partial charge in [0.1, 0.15) is 29.2 Å². The third kappa shape index (κ3) is 4.62. The molecule has 3 aromatic carbocycles. The van der Waals surface area contributed by atoms with Crippen LogP contribution in [0.3, 0.4) is 0 Å². The van der Waals surface area contributed by atoms with Crippen molar-refractivity contribution in [2.45, 2.75) is 31.8 Å². The maximum Gasteiger partial charge on any atom is 0.250 e. The lowest BCUT2D eigenvalue weighted by Gasteiger charge is -2.30. The predicted octanol–water partition coefficient (Wildman–Crippen LogP) is 5.82. The molecule has 1 N–H and O–H groups in total. The molecule has 0 bridgehead atoms. The van der Waals surface area contributed by atoms with E-state index in [1.54, 1.807) is 47.4 Å². The molecule has 3 aromatic rings. The second-order valence-corrected chi connectivity index (χ2v) is 8.06. The highest BCUT2D eigenvalue weighted by atomic mass is 19.1. The van der Waals surface area contributed by atoms with Gasteiger partial charge in [0.25, 0.3) is 0 Å². The van der Waals surface area contributed by atoms with Gasteiger partial charge < -0.3 is 10.2 Å². The Morgan fingerprint density at radius 3 is 2.18 bits per heavy atom. The highest BCUT2D eigenvalue weighted by Crippen LogP contribution is 2.36. The molecule has 170 valence electrons. The first kappa shape index (κ1) is 22.6. The first-order valence-corrected chi connectivity index (χ1v) is 10.7. The average molecular weight is 452 g/mol. The van der Waals surface area contributed by atoms with Crippen LogP contribution in [0.15, 0.2) is 66.7 Å². The summed E-state index contributed by atoms with van der Waals surface area (Å²) in [7, 11) is 0. The molecule has 2 atom stereocenters. The van der Waals surface area contributed by atoms with Gasteiger partial charge in [-0.25, -0.2) is 13.2 Å². The number of Topliss-reactive ketones (excluding diaryl/α,β-unsaturated/α-hetero) is 1. The monoisotopic (exact) mass is 452 g/mol. The molecule has 1 heterocycles. The number of nitrogens with zero attached hydrogens (tertiary/aromatic N) is 1. The summed E-state index contributed by atoms with van der Waals surface area (Å²) in [6.45, 7) is 1.81. The fraction of sp³-hybridized carbons (Fsp3) is 0.231. The molecule has 0 aromatic heterocycles. The summed E-state index contributed by atoms with van der Waals surface area (Å²) in [5, 5.41) is 2.72. The number of para-hydroxylation sites is 1. The number of carbonyl (C=O) groups excluding carboxylic acids is 2. The number of rotatable bonds is 6. The summed E-state index contributed by atoms with van der Waals surface area (Å²) >= 11 is 0. The van der Waals surface area contributed by atoms with E-state index < -0.39 is 41.1 Å². The van der Waals surface area contributed by atoms with E-state index in [1.165, 1.54) is 19.1 Å². The number of carbonyl (C=O) groups is 2. The van der Waals surface area contributed by atoms with Gasteiger partial charge in [-0.15, -0.1) is 0 Å². The van der Waals surface area contributed by atoms with E-state index in [1.807, 2.05) is 0 Å². The van der Waals surface area contributed by atoms with E-state index >= 15 is 0 Å². The molecule has 1 amide bonds. The van der Waals surface area contributed by atoms with Gasteiger partial charge in [-0.3, -0.25) is 9.59 Å². The Morgan fingerprint density at radius 1 is 0.909 bits per heavy atom. The van der Waals surface area contributed by atoms with Crippen LogP contribution in [0.2, 0.25) is 0 Å². The van der Waals surface area contributed by atoms with E-state index in [9.17, 15) is 22.8 Å². The van der Waals surface area contributed by atoms with Crippen molar-refractivity contribution < 1.29 is 22.8 Å². The Hall–Kier alpha value is -3.61. The highest BCUT2D eigenvalue weighted by molar-refractivity contribution is 5.94. The molecule has 4 rings (SSSR count). The molecule has 1 aliphatic heterocycles. The lowest BCUT2D eigenvalue weighted by atomic mass is 9.99. The van der Waals surface area contributed by atoms with Crippen LogP contribution in [-0.4, -0.2) is 23.1 Å². The maximum absolute atomic E-state index is 14.5. The topological polar surface area (TPSA) is 49.4 Å². The molecule has 1 unspecified atom stereocenters. The van der Waals surface area contributed by atoms with Crippen molar-refractivity contribution in [1.82, 2.24) is 4.90 Å². The molecule has 0 spiro atoms. The first-order chi connectivity index (χ1) is 15.9. The number of amides is 1. The first-order valence-electron chi connectivity index (χ1n) is 10.7. The van der Waals surface area contributed by atoms with E-state index in [0.29, 0.717) is 36.1 Å². The Bertz CT molecular complexity index is 1160. The normalized spacial score (nSPS) is 16.5. The van der Waals surface area contributed by atoms with E-state index in [-0.39, 0.29) is 5.78 Å². The van der Waals surface area contributed by atoms with Crippen LogP contribution < -0.4 is 5.32 Å². The highest BCUT2D eigenvalue weighted by Gasteiger charge is 2.36. The van der Waals surface area contributed by atoms with Gasteiger partial charge >= 0.3 is 0 Å². The second kappa shape index (κ2) is 9.48. The molecule has 1 aliphatic rings. The Morgan fingerprint density at radius 2 is 1.55 bits per heavy atom. The van der Waals surface area contributed by atoms with Gasteiger partial charge in [0.15, 0.2) is 5.78 Å². The Balaban J connectivity index is 1.72. The summed E-state index contributed by atoms with van der Waals surface area (Å²) in [5.74, 6) is -2.64. The predicted molar refractivity (Wildman–Crippen MR) is 119 cm³/mol. The molecule has 0 saturated carbocycles. The number of benzene rings is 3. The molecule has 4 nitrogen and oxygen atoms in total. The van der Waals surface area contributed by atoms with Crippen molar-refractivity contribution in [2.75, 3.05) is 11.9 Å². The smallest absolute Gasteiger partial charge is 0.250 e. The largest absolute Gasteiger partial charge is 0.365 e. The number of halogens is 3. The van der Waals surface area contributed by atoms with Crippen molar-refractivity contribution in [1.29, 1.82) is 0 Å². The second-order valence-electron chi connectivity index (χ2n) is 8.06. The summed E-state index contributed by atoms with van der Waals surface area (Å²) < 4.78 is 43.3. The summed E-state index contributed by atoms with van der Waals surface area (Å²) in [4.78, 5) is 26.9. The molecule has 33 heavy (non-hydrogen) atoms. The van der Waals surface area contributed by atoms with E-state index in [4.69, 9.17) is 0 Å². The Kier molecular flexibility index (Phi) is 6.49. The van der Waals surface area contributed by atoms with Crippen molar-refractivity contribution in [3.8, 4) is 0 Å². The summed E-state index contributed by atoms with van der Waals surface area (Å²) in [6, 6.07) is 14.4. The molecule has 1 saturated heterocycles. The van der Waals surface area contributed by atoms with Gasteiger partial charge in [-0.2, -0.15) is 0 Å². The van der Waals surface area contributed by atoms with Crippen LogP contribution in [0.25, 0.3) is 0 Å². The third-order valence-corrected chi connectivity index (χ3v) is 5.95. The molecule has 1 fully saturated rings.